The van der Waals surface area contributed by atoms with Crippen LogP contribution < -0.4 is 0 Å². The third kappa shape index (κ3) is 3.23. The average Bonchev–Trinajstić information content (AvgIpc) is 3.28. The molecular weight excluding hydrogens is 326 g/mol. The normalized spacial score (nSPS) is 11.5. The Morgan fingerprint density at radius 3 is 2.81 bits per heavy atom. The number of likely N-dealkylation sites (N-methyl/N-ethyl adjacent to an activating group) is 1. The average molecular weight is 347 g/mol. The van der Waals surface area contributed by atoms with Crippen molar-refractivity contribution in [3.8, 4) is 22.8 Å². The summed E-state index contributed by atoms with van der Waals surface area (Å²) in [6, 6.07) is 14.3. The summed E-state index contributed by atoms with van der Waals surface area (Å²) in [5.74, 6) is 1.12. The topological polar surface area (TPSA) is 60.0 Å². The van der Waals surface area contributed by atoms with Gasteiger partial charge in [-0.15, -0.1) is 0 Å². The molecule has 0 radical (unpaired) electrons. The molecule has 0 bridgehead atoms. The van der Waals surface area contributed by atoms with Crippen LogP contribution in [-0.4, -0.2) is 45.5 Å². The Morgan fingerprint density at radius 2 is 1.96 bits per heavy atom. The number of aryl methyl sites for hydroxylation is 1. The van der Waals surface area contributed by atoms with Gasteiger partial charge in [-0.05, 0) is 44.3 Å². The number of nitrogens with zero attached hydrogens (tertiary/aromatic N) is 5. The maximum Gasteiger partial charge on any atom is 0.258 e. The number of fused-ring (bicyclic) bond motifs is 1. The quantitative estimate of drug-likeness (QED) is 0.554. The zero-order valence-corrected chi connectivity index (χ0v) is 15.2. The van der Waals surface area contributed by atoms with Crippen LogP contribution in [0, 0.1) is 0 Å². The molecular formula is C20H21N5O. The van der Waals surface area contributed by atoms with E-state index in [1.807, 2.05) is 48.3 Å². The summed E-state index contributed by atoms with van der Waals surface area (Å²) in [5.41, 5.74) is 4.16. The number of rotatable bonds is 5. The van der Waals surface area contributed by atoms with Crippen LogP contribution in [0.3, 0.4) is 0 Å². The van der Waals surface area contributed by atoms with Gasteiger partial charge in [0.15, 0.2) is 0 Å². The Labute approximate surface area is 152 Å². The predicted molar refractivity (Wildman–Crippen MR) is 102 cm³/mol. The van der Waals surface area contributed by atoms with Crippen LogP contribution in [0.2, 0.25) is 0 Å². The van der Waals surface area contributed by atoms with E-state index in [1.54, 1.807) is 0 Å². The SMILES string of the molecule is CN(C)CCc1cccc(-c2nc(-c3ccc4cnn(C)c4c3)no2)c1. The lowest BCUT2D eigenvalue weighted by Gasteiger charge is -2.09. The fourth-order valence-corrected chi connectivity index (χ4v) is 2.95. The predicted octanol–water partition coefficient (Wildman–Crippen LogP) is 3.39. The van der Waals surface area contributed by atoms with Crippen molar-refractivity contribution in [2.75, 3.05) is 20.6 Å². The third-order valence-electron chi connectivity index (χ3n) is 4.45. The molecule has 2 heterocycles. The fourth-order valence-electron chi connectivity index (χ4n) is 2.95. The van der Waals surface area contributed by atoms with E-state index in [0.29, 0.717) is 11.7 Å². The maximum absolute atomic E-state index is 5.52. The van der Waals surface area contributed by atoms with Crippen molar-refractivity contribution in [3.63, 3.8) is 0 Å². The molecule has 0 aliphatic rings. The lowest BCUT2D eigenvalue weighted by Crippen LogP contribution is -2.14. The Kier molecular flexibility index (Phi) is 4.26. The molecule has 0 aliphatic carbocycles. The second kappa shape index (κ2) is 6.72. The van der Waals surface area contributed by atoms with Gasteiger partial charge in [0, 0.05) is 30.1 Å². The smallest absolute Gasteiger partial charge is 0.258 e. The zero-order chi connectivity index (χ0) is 18.1. The van der Waals surface area contributed by atoms with Crippen molar-refractivity contribution in [1.82, 2.24) is 24.8 Å². The summed E-state index contributed by atoms with van der Waals surface area (Å²) in [6.45, 7) is 1.00. The highest BCUT2D eigenvalue weighted by Crippen LogP contribution is 2.25. The highest BCUT2D eigenvalue weighted by Gasteiger charge is 2.12. The summed E-state index contributed by atoms with van der Waals surface area (Å²) in [5, 5.41) is 9.53. The number of aromatic nitrogens is 4. The minimum absolute atomic E-state index is 0.539. The Hall–Kier alpha value is -2.99. The van der Waals surface area contributed by atoms with Crippen LogP contribution in [-0.2, 0) is 13.5 Å². The molecule has 2 aromatic heterocycles. The Morgan fingerprint density at radius 1 is 1.08 bits per heavy atom. The molecule has 0 fully saturated rings. The van der Waals surface area contributed by atoms with Gasteiger partial charge < -0.3 is 9.42 Å². The molecule has 0 amide bonds. The van der Waals surface area contributed by atoms with Gasteiger partial charge >= 0.3 is 0 Å². The molecule has 0 saturated carbocycles. The van der Waals surface area contributed by atoms with E-state index in [9.17, 15) is 0 Å². The van der Waals surface area contributed by atoms with Gasteiger partial charge in [-0.2, -0.15) is 10.1 Å². The van der Waals surface area contributed by atoms with Crippen molar-refractivity contribution in [1.29, 1.82) is 0 Å². The lowest BCUT2D eigenvalue weighted by molar-refractivity contribution is 0.413. The summed E-state index contributed by atoms with van der Waals surface area (Å²) in [4.78, 5) is 6.76. The van der Waals surface area contributed by atoms with Crippen molar-refractivity contribution in [2.45, 2.75) is 6.42 Å². The van der Waals surface area contributed by atoms with E-state index < -0.39 is 0 Å². The molecule has 132 valence electrons. The van der Waals surface area contributed by atoms with Crippen molar-refractivity contribution in [2.24, 2.45) is 7.05 Å². The molecule has 4 rings (SSSR count). The molecule has 0 spiro atoms. The van der Waals surface area contributed by atoms with Crippen molar-refractivity contribution in [3.05, 3.63) is 54.2 Å². The first-order chi connectivity index (χ1) is 12.6. The molecule has 26 heavy (non-hydrogen) atoms. The van der Waals surface area contributed by atoms with Crippen molar-refractivity contribution >= 4 is 10.9 Å². The molecule has 0 atom stereocenters. The molecule has 0 aliphatic heterocycles. The molecule has 2 aromatic carbocycles. The molecule has 6 heteroatoms. The zero-order valence-electron chi connectivity index (χ0n) is 15.2. The fraction of sp³-hybridized carbons (Fsp3) is 0.250. The van der Waals surface area contributed by atoms with E-state index in [0.717, 1.165) is 35.0 Å². The van der Waals surface area contributed by atoms with E-state index >= 15 is 0 Å². The monoisotopic (exact) mass is 347 g/mol. The van der Waals surface area contributed by atoms with Crippen molar-refractivity contribution < 1.29 is 4.52 Å². The lowest BCUT2D eigenvalue weighted by atomic mass is 10.1. The van der Waals surface area contributed by atoms with Gasteiger partial charge in [-0.1, -0.05) is 29.4 Å². The highest BCUT2D eigenvalue weighted by molar-refractivity contribution is 5.83. The Balaban J connectivity index is 1.63. The van der Waals surface area contributed by atoms with E-state index in [4.69, 9.17) is 4.52 Å². The molecule has 4 aromatic rings. The van der Waals surface area contributed by atoms with Gasteiger partial charge in [0.25, 0.3) is 5.89 Å². The minimum atomic E-state index is 0.539. The first-order valence-electron chi connectivity index (χ1n) is 8.60. The van der Waals surface area contributed by atoms with Crippen LogP contribution >= 0.6 is 0 Å². The molecule has 0 saturated heterocycles. The first kappa shape index (κ1) is 16.5. The largest absolute Gasteiger partial charge is 0.334 e. The van der Waals surface area contributed by atoms with E-state index in [2.05, 4.69) is 46.4 Å². The molecule has 0 unspecified atom stereocenters. The van der Waals surface area contributed by atoms with E-state index in [1.165, 1.54) is 5.56 Å². The third-order valence-corrected chi connectivity index (χ3v) is 4.45. The van der Waals surface area contributed by atoms with Crippen LogP contribution in [0.1, 0.15) is 5.56 Å². The standard InChI is InChI=1S/C20H21N5O/c1-24(2)10-9-14-5-4-6-16(11-14)20-22-19(23-26-20)15-7-8-17-13-21-25(3)18(17)12-15/h4-8,11-13H,9-10H2,1-3H3. The molecule has 0 N–H and O–H groups in total. The van der Waals surface area contributed by atoms with Gasteiger partial charge in [0.2, 0.25) is 5.82 Å². The summed E-state index contributed by atoms with van der Waals surface area (Å²) in [7, 11) is 6.08. The summed E-state index contributed by atoms with van der Waals surface area (Å²) in [6.07, 6.45) is 2.83. The number of benzene rings is 2. The number of hydrogen-bond donors (Lipinski definition) is 0. The van der Waals surface area contributed by atoms with E-state index in [-0.39, 0.29) is 0 Å². The minimum Gasteiger partial charge on any atom is -0.334 e. The maximum atomic E-state index is 5.52. The van der Waals surface area contributed by atoms with Gasteiger partial charge in [-0.3, -0.25) is 4.68 Å². The summed E-state index contributed by atoms with van der Waals surface area (Å²) >= 11 is 0. The van der Waals surface area contributed by atoms with Gasteiger partial charge in [0.05, 0.1) is 11.7 Å². The number of hydrogen-bond acceptors (Lipinski definition) is 5. The Bertz CT molecular complexity index is 1050. The van der Waals surface area contributed by atoms with Gasteiger partial charge in [0.1, 0.15) is 0 Å². The second-order valence-electron chi connectivity index (χ2n) is 6.72. The van der Waals surface area contributed by atoms with Crippen LogP contribution in [0.25, 0.3) is 33.7 Å². The second-order valence-corrected chi connectivity index (χ2v) is 6.72. The van der Waals surface area contributed by atoms with Crippen LogP contribution in [0.5, 0.6) is 0 Å². The van der Waals surface area contributed by atoms with Gasteiger partial charge in [-0.25, -0.2) is 0 Å². The summed E-state index contributed by atoms with van der Waals surface area (Å²) < 4.78 is 7.36. The van der Waals surface area contributed by atoms with Crippen LogP contribution in [0.4, 0.5) is 0 Å². The van der Waals surface area contributed by atoms with Crippen LogP contribution in [0.15, 0.2) is 53.2 Å². The molecule has 6 nitrogen and oxygen atoms in total. The highest BCUT2D eigenvalue weighted by atomic mass is 16.5. The first-order valence-corrected chi connectivity index (χ1v) is 8.60.